The van der Waals surface area contributed by atoms with E-state index in [4.69, 9.17) is 19.9 Å². The minimum atomic E-state index is 0.260. The summed E-state index contributed by atoms with van der Waals surface area (Å²) < 4.78 is 0. The fourth-order valence-electron chi connectivity index (χ4n) is 4.67. The summed E-state index contributed by atoms with van der Waals surface area (Å²) in [6.45, 7) is 15.7. The SMILES string of the molecule is CC(C)Cc1nc2ccc(CC(C)c3nc4ccccc4nc3C(C)C)cc2nc1CC(C)C. The normalized spacial score (nSPS) is 13.0. The Morgan fingerprint density at radius 3 is 1.65 bits per heavy atom. The third-order valence-corrected chi connectivity index (χ3v) is 6.27. The highest BCUT2D eigenvalue weighted by atomic mass is 14.8. The molecular formula is C30H38N4. The molecule has 0 saturated carbocycles. The van der Waals surface area contributed by atoms with Crippen molar-refractivity contribution in [3.63, 3.8) is 0 Å². The van der Waals surface area contributed by atoms with E-state index in [1.54, 1.807) is 0 Å². The number of hydrogen-bond acceptors (Lipinski definition) is 4. The third kappa shape index (κ3) is 5.43. The van der Waals surface area contributed by atoms with Crippen LogP contribution in [0.1, 0.15) is 88.6 Å². The van der Waals surface area contributed by atoms with Gasteiger partial charge in [-0.3, -0.25) is 0 Å². The van der Waals surface area contributed by atoms with E-state index in [1.165, 1.54) is 5.56 Å². The lowest BCUT2D eigenvalue weighted by molar-refractivity contribution is 0.597. The summed E-state index contributed by atoms with van der Waals surface area (Å²) >= 11 is 0. The smallest absolute Gasteiger partial charge is 0.0893 e. The van der Waals surface area contributed by atoms with Crippen LogP contribution in [0, 0.1) is 11.8 Å². The van der Waals surface area contributed by atoms with Crippen molar-refractivity contribution in [2.75, 3.05) is 0 Å². The van der Waals surface area contributed by atoms with Crippen molar-refractivity contribution in [1.82, 2.24) is 19.9 Å². The summed E-state index contributed by atoms with van der Waals surface area (Å²) in [6.07, 6.45) is 2.84. The number of aromatic nitrogens is 4. The van der Waals surface area contributed by atoms with Gasteiger partial charge in [0.2, 0.25) is 0 Å². The molecule has 2 aromatic carbocycles. The minimum absolute atomic E-state index is 0.260. The first kappa shape index (κ1) is 24.3. The summed E-state index contributed by atoms with van der Waals surface area (Å²) in [7, 11) is 0. The molecule has 0 aliphatic rings. The van der Waals surface area contributed by atoms with Gasteiger partial charge >= 0.3 is 0 Å². The van der Waals surface area contributed by atoms with Crippen molar-refractivity contribution in [2.45, 2.75) is 79.6 Å². The van der Waals surface area contributed by atoms with Gasteiger partial charge in [0.1, 0.15) is 0 Å². The second kappa shape index (κ2) is 10.2. The molecule has 0 saturated heterocycles. The van der Waals surface area contributed by atoms with E-state index >= 15 is 0 Å². The molecule has 0 spiro atoms. The van der Waals surface area contributed by atoms with Gasteiger partial charge in [-0.05, 0) is 66.8 Å². The summed E-state index contributed by atoms with van der Waals surface area (Å²) in [5.74, 6) is 1.71. The monoisotopic (exact) mass is 454 g/mol. The maximum absolute atomic E-state index is 5.11. The maximum atomic E-state index is 5.11. The molecule has 0 bridgehead atoms. The zero-order valence-electron chi connectivity index (χ0n) is 21.8. The van der Waals surface area contributed by atoms with Crippen LogP contribution < -0.4 is 0 Å². The number of benzene rings is 2. The summed E-state index contributed by atoms with van der Waals surface area (Å²) in [5.41, 5.74) is 9.72. The Morgan fingerprint density at radius 1 is 0.559 bits per heavy atom. The van der Waals surface area contributed by atoms with Crippen LogP contribution in [0.3, 0.4) is 0 Å². The number of hydrogen-bond donors (Lipinski definition) is 0. The van der Waals surface area contributed by atoms with Gasteiger partial charge < -0.3 is 0 Å². The fraction of sp³-hybridized carbons (Fsp3) is 0.467. The highest BCUT2D eigenvalue weighted by Gasteiger charge is 2.19. The maximum Gasteiger partial charge on any atom is 0.0893 e. The lowest BCUT2D eigenvalue weighted by Gasteiger charge is -2.18. The first-order chi connectivity index (χ1) is 16.2. The Labute approximate surface area is 204 Å². The Morgan fingerprint density at radius 2 is 1.09 bits per heavy atom. The van der Waals surface area contributed by atoms with E-state index in [0.29, 0.717) is 17.8 Å². The van der Waals surface area contributed by atoms with Crippen molar-refractivity contribution in [2.24, 2.45) is 11.8 Å². The topological polar surface area (TPSA) is 51.6 Å². The quantitative estimate of drug-likeness (QED) is 0.278. The number of rotatable bonds is 8. The lowest BCUT2D eigenvalue weighted by Crippen LogP contribution is -2.10. The Hall–Kier alpha value is -2.88. The average molecular weight is 455 g/mol. The molecule has 0 N–H and O–H groups in total. The second-order valence-corrected chi connectivity index (χ2v) is 10.9. The molecule has 34 heavy (non-hydrogen) atoms. The van der Waals surface area contributed by atoms with Gasteiger partial charge in [0, 0.05) is 5.92 Å². The first-order valence-corrected chi connectivity index (χ1v) is 12.8. The van der Waals surface area contributed by atoms with E-state index in [-0.39, 0.29) is 5.92 Å². The van der Waals surface area contributed by atoms with Gasteiger partial charge in [-0.1, -0.05) is 66.7 Å². The number of nitrogens with zero attached hydrogens (tertiary/aromatic N) is 4. The van der Waals surface area contributed by atoms with Gasteiger partial charge in [0.25, 0.3) is 0 Å². The van der Waals surface area contributed by atoms with Crippen LogP contribution in [-0.2, 0) is 19.3 Å². The lowest BCUT2D eigenvalue weighted by atomic mass is 9.92. The molecule has 4 rings (SSSR count). The third-order valence-electron chi connectivity index (χ3n) is 6.27. The molecule has 0 fully saturated rings. The molecular weight excluding hydrogens is 416 g/mol. The predicted molar refractivity (Wildman–Crippen MR) is 142 cm³/mol. The highest BCUT2D eigenvalue weighted by Crippen LogP contribution is 2.29. The van der Waals surface area contributed by atoms with Gasteiger partial charge in [0.15, 0.2) is 0 Å². The zero-order chi connectivity index (χ0) is 24.4. The van der Waals surface area contributed by atoms with Crippen LogP contribution in [0.2, 0.25) is 0 Å². The summed E-state index contributed by atoms with van der Waals surface area (Å²) in [6, 6.07) is 14.7. The van der Waals surface area contributed by atoms with Crippen LogP contribution in [0.15, 0.2) is 42.5 Å². The predicted octanol–water partition coefficient (Wildman–Crippen LogP) is 7.44. The van der Waals surface area contributed by atoms with Crippen molar-refractivity contribution in [3.05, 3.63) is 70.8 Å². The van der Waals surface area contributed by atoms with Crippen molar-refractivity contribution < 1.29 is 0 Å². The first-order valence-electron chi connectivity index (χ1n) is 12.8. The van der Waals surface area contributed by atoms with Crippen LogP contribution >= 0.6 is 0 Å². The standard InChI is InChI=1S/C30H38N4/c1-18(2)14-26-27(15-19(3)4)32-28-17-22(12-13-25(28)31-26)16-21(7)30-29(20(5)6)33-23-10-8-9-11-24(23)34-30/h8-13,17-21H,14-16H2,1-7H3. The van der Waals surface area contributed by atoms with Crippen LogP contribution in [-0.4, -0.2) is 19.9 Å². The molecule has 4 heteroatoms. The number of para-hydroxylation sites is 2. The molecule has 0 aliphatic carbocycles. The molecule has 1 unspecified atom stereocenters. The van der Waals surface area contributed by atoms with Gasteiger partial charge in [-0.15, -0.1) is 0 Å². The molecule has 178 valence electrons. The molecule has 0 radical (unpaired) electrons. The zero-order valence-corrected chi connectivity index (χ0v) is 21.8. The van der Waals surface area contributed by atoms with Crippen LogP contribution in [0.5, 0.6) is 0 Å². The summed E-state index contributed by atoms with van der Waals surface area (Å²) in [5, 5.41) is 0. The van der Waals surface area contributed by atoms with E-state index < -0.39 is 0 Å². The number of fused-ring (bicyclic) bond motifs is 2. The largest absolute Gasteiger partial charge is 0.249 e. The minimum Gasteiger partial charge on any atom is -0.249 e. The van der Waals surface area contributed by atoms with E-state index in [0.717, 1.165) is 64.1 Å². The van der Waals surface area contributed by atoms with Crippen LogP contribution in [0.25, 0.3) is 22.1 Å². The molecule has 1 atom stereocenters. The molecule has 4 nitrogen and oxygen atoms in total. The van der Waals surface area contributed by atoms with Gasteiger partial charge in [-0.25, -0.2) is 19.9 Å². The van der Waals surface area contributed by atoms with Gasteiger partial charge in [-0.2, -0.15) is 0 Å². The van der Waals surface area contributed by atoms with Gasteiger partial charge in [0.05, 0.1) is 44.8 Å². The van der Waals surface area contributed by atoms with Crippen molar-refractivity contribution in [1.29, 1.82) is 0 Å². The van der Waals surface area contributed by atoms with Crippen molar-refractivity contribution >= 4 is 22.1 Å². The second-order valence-electron chi connectivity index (χ2n) is 10.9. The molecule has 0 aliphatic heterocycles. The van der Waals surface area contributed by atoms with E-state index in [1.807, 2.05) is 18.2 Å². The molecule has 0 amide bonds. The van der Waals surface area contributed by atoms with Crippen molar-refractivity contribution in [3.8, 4) is 0 Å². The average Bonchev–Trinajstić information content (AvgIpc) is 2.78. The summed E-state index contributed by atoms with van der Waals surface area (Å²) in [4.78, 5) is 20.2. The Balaban J connectivity index is 1.68. The molecule has 4 aromatic rings. The fourth-order valence-corrected chi connectivity index (χ4v) is 4.67. The molecule has 2 heterocycles. The Kier molecular flexibility index (Phi) is 7.25. The van der Waals surface area contributed by atoms with Crippen LogP contribution in [0.4, 0.5) is 0 Å². The molecule has 2 aromatic heterocycles. The Bertz CT molecular complexity index is 1290. The van der Waals surface area contributed by atoms with E-state index in [9.17, 15) is 0 Å². The highest BCUT2D eigenvalue weighted by molar-refractivity contribution is 5.76. The van der Waals surface area contributed by atoms with E-state index in [2.05, 4.69) is 72.7 Å².